The Morgan fingerprint density at radius 1 is 1.24 bits per heavy atom. The van der Waals surface area contributed by atoms with Gasteiger partial charge in [0.2, 0.25) is 5.91 Å². The van der Waals surface area contributed by atoms with Gasteiger partial charge < -0.3 is 10.6 Å². The lowest BCUT2D eigenvalue weighted by atomic mass is 9.83. The van der Waals surface area contributed by atoms with Crippen LogP contribution in [0.25, 0.3) is 0 Å². The normalized spacial score (nSPS) is 32.2. The molecule has 1 aromatic rings. The summed E-state index contributed by atoms with van der Waals surface area (Å²) < 4.78 is 0. The van der Waals surface area contributed by atoms with E-state index in [1.807, 2.05) is 11.9 Å². The molecule has 3 rings (SSSR count). The summed E-state index contributed by atoms with van der Waals surface area (Å²) in [5, 5.41) is 0. The second-order valence-electron chi connectivity index (χ2n) is 6.97. The van der Waals surface area contributed by atoms with Gasteiger partial charge in [0.05, 0.1) is 12.0 Å². The highest BCUT2D eigenvalue weighted by molar-refractivity contribution is 5.80. The number of carbonyl (C=O) groups excluding carboxylic acids is 1. The Morgan fingerprint density at radius 2 is 1.86 bits per heavy atom. The van der Waals surface area contributed by atoms with Crippen LogP contribution in [0.1, 0.15) is 43.4 Å². The summed E-state index contributed by atoms with van der Waals surface area (Å²) in [7, 11) is 1.92. The van der Waals surface area contributed by atoms with E-state index in [1.54, 1.807) is 0 Å². The van der Waals surface area contributed by atoms with E-state index >= 15 is 0 Å². The number of hydrogen-bond donors (Lipinski definition) is 1. The number of hydrogen-bond acceptors (Lipinski definition) is 2. The van der Waals surface area contributed by atoms with Crippen molar-refractivity contribution >= 4 is 5.91 Å². The third-order valence-corrected chi connectivity index (χ3v) is 5.75. The predicted molar refractivity (Wildman–Crippen MR) is 84.7 cm³/mol. The van der Waals surface area contributed by atoms with Crippen LogP contribution in [0.2, 0.25) is 0 Å². The highest BCUT2D eigenvalue weighted by Crippen LogP contribution is 2.48. The summed E-state index contributed by atoms with van der Waals surface area (Å²) in [5.74, 6) is 1.38. The monoisotopic (exact) mass is 286 g/mol. The van der Waals surface area contributed by atoms with Gasteiger partial charge in [-0.2, -0.15) is 0 Å². The van der Waals surface area contributed by atoms with Crippen LogP contribution in [-0.4, -0.2) is 23.9 Å². The van der Waals surface area contributed by atoms with Crippen LogP contribution in [0.4, 0.5) is 0 Å². The Labute approximate surface area is 127 Å². The minimum atomic E-state index is 0.0432. The minimum absolute atomic E-state index is 0.0432. The van der Waals surface area contributed by atoms with Crippen LogP contribution in [-0.2, 0) is 4.79 Å². The molecule has 3 heteroatoms. The van der Waals surface area contributed by atoms with E-state index in [2.05, 4.69) is 38.1 Å². The molecule has 0 aromatic heterocycles. The third kappa shape index (κ3) is 2.48. The summed E-state index contributed by atoms with van der Waals surface area (Å²) in [6, 6.07) is 8.61. The van der Waals surface area contributed by atoms with Gasteiger partial charge >= 0.3 is 0 Å². The Morgan fingerprint density at radius 3 is 2.43 bits per heavy atom. The van der Waals surface area contributed by atoms with Crippen molar-refractivity contribution in [3.63, 3.8) is 0 Å². The predicted octanol–water partition coefficient (Wildman–Crippen LogP) is 2.89. The second-order valence-corrected chi connectivity index (χ2v) is 6.97. The fourth-order valence-corrected chi connectivity index (χ4v) is 4.20. The van der Waals surface area contributed by atoms with E-state index < -0.39 is 0 Å². The van der Waals surface area contributed by atoms with Crippen molar-refractivity contribution in [2.75, 3.05) is 7.05 Å². The number of amides is 1. The molecular weight excluding hydrogens is 260 g/mol. The quantitative estimate of drug-likeness (QED) is 0.928. The summed E-state index contributed by atoms with van der Waals surface area (Å²) in [6.45, 7) is 4.18. The maximum atomic E-state index is 12.9. The van der Waals surface area contributed by atoms with Gasteiger partial charge in [-0.1, -0.05) is 29.8 Å². The van der Waals surface area contributed by atoms with Crippen LogP contribution >= 0.6 is 0 Å². The van der Waals surface area contributed by atoms with Gasteiger partial charge in [-0.3, -0.25) is 4.79 Å². The average molecular weight is 286 g/mol. The molecule has 0 aliphatic heterocycles. The lowest BCUT2D eigenvalue weighted by Crippen LogP contribution is -2.46. The number of benzene rings is 1. The molecule has 0 heterocycles. The molecular formula is C18H26N2O. The largest absolute Gasteiger partial charge is 0.339 e. The highest BCUT2D eigenvalue weighted by Gasteiger charge is 2.50. The van der Waals surface area contributed by atoms with Crippen LogP contribution in [0.5, 0.6) is 0 Å². The molecule has 2 saturated carbocycles. The summed E-state index contributed by atoms with van der Waals surface area (Å²) in [5.41, 5.74) is 8.75. The van der Waals surface area contributed by atoms with E-state index in [9.17, 15) is 4.79 Å². The van der Waals surface area contributed by atoms with Crippen LogP contribution in [0.15, 0.2) is 24.3 Å². The van der Waals surface area contributed by atoms with Crippen molar-refractivity contribution in [3.05, 3.63) is 35.4 Å². The Kier molecular flexibility index (Phi) is 3.78. The van der Waals surface area contributed by atoms with Crippen molar-refractivity contribution in [2.45, 2.75) is 45.2 Å². The zero-order valence-corrected chi connectivity index (χ0v) is 13.3. The smallest absolute Gasteiger partial charge is 0.227 e. The zero-order chi connectivity index (χ0) is 15.1. The first-order valence-electron chi connectivity index (χ1n) is 8.08. The van der Waals surface area contributed by atoms with Crippen molar-refractivity contribution < 1.29 is 4.79 Å². The number of nitrogens with zero attached hydrogens (tertiary/aromatic N) is 1. The fraction of sp³-hybridized carbons (Fsp3) is 0.611. The molecule has 1 aromatic carbocycles. The third-order valence-electron chi connectivity index (χ3n) is 5.75. The Bertz CT molecular complexity index is 523. The first-order valence-corrected chi connectivity index (χ1v) is 8.08. The van der Waals surface area contributed by atoms with Gasteiger partial charge in [-0.25, -0.2) is 0 Å². The number of rotatable bonds is 3. The number of nitrogens with two attached hydrogens (primary N) is 1. The first kappa shape index (κ1) is 14.6. The fourth-order valence-electron chi connectivity index (χ4n) is 4.20. The molecule has 5 unspecified atom stereocenters. The van der Waals surface area contributed by atoms with Gasteiger partial charge in [0.15, 0.2) is 0 Å². The van der Waals surface area contributed by atoms with Crippen LogP contribution in [0.3, 0.4) is 0 Å². The summed E-state index contributed by atoms with van der Waals surface area (Å²) >= 11 is 0. The Hall–Kier alpha value is -1.35. The Balaban J connectivity index is 1.74. The van der Waals surface area contributed by atoms with Gasteiger partial charge in [-0.15, -0.1) is 0 Å². The number of carbonyl (C=O) groups is 1. The van der Waals surface area contributed by atoms with E-state index in [-0.39, 0.29) is 23.9 Å². The molecule has 2 aliphatic rings. The van der Waals surface area contributed by atoms with Gasteiger partial charge in [0.1, 0.15) is 0 Å². The number of aryl methyl sites for hydroxylation is 1. The topological polar surface area (TPSA) is 46.3 Å². The van der Waals surface area contributed by atoms with E-state index in [4.69, 9.17) is 5.73 Å². The first-order chi connectivity index (χ1) is 9.99. The maximum absolute atomic E-state index is 12.9. The van der Waals surface area contributed by atoms with Crippen molar-refractivity contribution in [2.24, 2.45) is 23.5 Å². The minimum Gasteiger partial charge on any atom is -0.339 e. The molecule has 0 spiro atoms. The average Bonchev–Trinajstić information content (AvgIpc) is 3.07. The molecule has 1 amide bonds. The van der Waals surface area contributed by atoms with E-state index in [0.717, 1.165) is 6.42 Å². The van der Waals surface area contributed by atoms with Gasteiger partial charge in [0.25, 0.3) is 0 Å². The lowest BCUT2D eigenvalue weighted by Gasteiger charge is -2.34. The van der Waals surface area contributed by atoms with Crippen molar-refractivity contribution in [3.8, 4) is 0 Å². The standard InChI is InChI=1S/C18H26N2O/c1-11-4-6-13(7-5-11)12(2)20(3)18(21)16-14-8-9-15(10-14)17(16)19/h4-7,12,14-17H,8-10,19H2,1-3H3. The summed E-state index contributed by atoms with van der Waals surface area (Å²) in [6.07, 6.45) is 3.55. The molecule has 2 aliphatic carbocycles. The van der Waals surface area contributed by atoms with Crippen LogP contribution in [0, 0.1) is 24.7 Å². The molecule has 114 valence electrons. The highest BCUT2D eigenvalue weighted by atomic mass is 16.2. The molecule has 2 N–H and O–H groups in total. The van der Waals surface area contributed by atoms with Crippen molar-refractivity contribution in [1.82, 2.24) is 4.90 Å². The van der Waals surface area contributed by atoms with Gasteiger partial charge in [0, 0.05) is 13.1 Å². The SMILES string of the molecule is Cc1ccc(C(C)N(C)C(=O)C2C3CCC(C3)C2N)cc1. The van der Waals surface area contributed by atoms with Crippen molar-refractivity contribution in [1.29, 1.82) is 0 Å². The molecule has 0 saturated heterocycles. The second kappa shape index (κ2) is 5.45. The maximum Gasteiger partial charge on any atom is 0.227 e. The molecule has 2 bridgehead atoms. The van der Waals surface area contributed by atoms with Gasteiger partial charge in [-0.05, 0) is 50.5 Å². The zero-order valence-electron chi connectivity index (χ0n) is 13.3. The molecule has 3 nitrogen and oxygen atoms in total. The number of fused-ring (bicyclic) bond motifs is 2. The van der Waals surface area contributed by atoms with E-state index in [0.29, 0.717) is 11.8 Å². The lowest BCUT2D eigenvalue weighted by molar-refractivity contribution is -0.138. The molecule has 21 heavy (non-hydrogen) atoms. The summed E-state index contributed by atoms with van der Waals surface area (Å²) in [4.78, 5) is 14.8. The molecule has 0 radical (unpaired) electrons. The molecule has 5 atom stereocenters. The van der Waals surface area contributed by atoms with Crippen LogP contribution < -0.4 is 5.73 Å². The van der Waals surface area contributed by atoms with E-state index in [1.165, 1.54) is 24.0 Å². The molecule has 2 fully saturated rings.